The van der Waals surface area contributed by atoms with Gasteiger partial charge in [-0.25, -0.2) is 15.0 Å². The van der Waals surface area contributed by atoms with Crippen LogP contribution in [0.15, 0.2) is 170 Å². The summed E-state index contributed by atoms with van der Waals surface area (Å²) >= 11 is 0. The van der Waals surface area contributed by atoms with Gasteiger partial charge in [0.1, 0.15) is 0 Å². The van der Waals surface area contributed by atoms with E-state index in [1.54, 1.807) is 0 Å². The van der Waals surface area contributed by atoms with Gasteiger partial charge in [0.2, 0.25) is 0 Å². The minimum Gasteiger partial charge on any atom is -0.309 e. The van der Waals surface area contributed by atoms with Crippen LogP contribution in [0, 0.1) is 0 Å². The predicted octanol–water partition coefficient (Wildman–Crippen LogP) is 11.8. The Morgan fingerprint density at radius 2 is 0.940 bits per heavy atom. The van der Waals surface area contributed by atoms with E-state index in [9.17, 15) is 0 Å². The van der Waals surface area contributed by atoms with Crippen molar-refractivity contribution in [2.24, 2.45) is 0 Å². The number of rotatable bonds is 8. The summed E-state index contributed by atoms with van der Waals surface area (Å²) < 4.78 is 2.30. The topological polar surface area (TPSA) is 43.6 Å². The van der Waals surface area contributed by atoms with E-state index >= 15 is 0 Å². The number of fused-ring (bicyclic) bond motifs is 1. The Kier molecular flexibility index (Phi) is 8.26. The molecule has 0 atom stereocenters. The predicted molar refractivity (Wildman–Crippen MR) is 209 cm³/mol. The summed E-state index contributed by atoms with van der Waals surface area (Å²) in [5.41, 5.74) is 11.8. The van der Waals surface area contributed by atoms with Crippen LogP contribution in [0.4, 0.5) is 0 Å². The van der Waals surface area contributed by atoms with Gasteiger partial charge >= 0.3 is 0 Å². The molecule has 0 saturated carbocycles. The van der Waals surface area contributed by atoms with Gasteiger partial charge < -0.3 is 4.57 Å². The molecule has 8 aromatic rings. The van der Waals surface area contributed by atoms with Crippen LogP contribution in [0.5, 0.6) is 0 Å². The lowest BCUT2D eigenvalue weighted by molar-refractivity contribution is 1.07. The van der Waals surface area contributed by atoms with E-state index in [-0.39, 0.29) is 0 Å². The Balaban J connectivity index is 1.19. The number of hydrogen-bond acceptors (Lipinski definition) is 3. The van der Waals surface area contributed by atoms with Gasteiger partial charge in [0.25, 0.3) is 0 Å². The highest BCUT2D eigenvalue weighted by molar-refractivity contribution is 5.95. The molecule has 0 spiro atoms. The van der Waals surface area contributed by atoms with Crippen LogP contribution < -0.4 is 0 Å². The second-order valence-corrected chi connectivity index (χ2v) is 12.1. The summed E-state index contributed by atoms with van der Waals surface area (Å²) in [6.45, 7) is 6.24. The fraction of sp³-hybridized carbons (Fsp3) is 0.0217. The molecule has 238 valence electrons. The van der Waals surface area contributed by atoms with E-state index in [1.807, 2.05) is 66.7 Å². The molecule has 0 aliphatic heterocycles. The molecular weight excluding hydrogens is 609 g/mol. The molecule has 2 heterocycles. The van der Waals surface area contributed by atoms with Crippen LogP contribution in [0.3, 0.4) is 0 Å². The fourth-order valence-corrected chi connectivity index (χ4v) is 6.58. The highest BCUT2D eigenvalue weighted by Crippen LogP contribution is 2.35. The van der Waals surface area contributed by atoms with Crippen molar-refractivity contribution < 1.29 is 0 Å². The molecule has 0 bridgehead atoms. The molecule has 0 saturated heterocycles. The van der Waals surface area contributed by atoms with Gasteiger partial charge in [-0.1, -0.05) is 146 Å². The smallest absolute Gasteiger partial charge is 0.164 e. The highest BCUT2D eigenvalue weighted by Gasteiger charge is 2.16. The Labute approximate surface area is 292 Å². The summed E-state index contributed by atoms with van der Waals surface area (Å²) in [6.07, 6.45) is 6.20. The standard InChI is InChI=1S/C46H34N4/c1-3-16-40-41-27-11-12-28-43(41)50(42(40)4-2)39-26-15-24-37(31-39)35-22-13-21-34(29-35)36-23-14-25-38(30-36)46-48-44(32-17-7-5-8-18-32)47-45(49-46)33-19-9-6-10-20-33/h3-31H,2H2,1H3/b16-3-. The average Bonchev–Trinajstić information content (AvgIpc) is 3.52. The Morgan fingerprint density at radius 1 is 0.480 bits per heavy atom. The van der Waals surface area contributed by atoms with E-state index < -0.39 is 0 Å². The van der Waals surface area contributed by atoms with Gasteiger partial charge in [0.05, 0.1) is 11.2 Å². The second kappa shape index (κ2) is 13.5. The van der Waals surface area contributed by atoms with E-state index in [4.69, 9.17) is 15.0 Å². The first-order valence-electron chi connectivity index (χ1n) is 16.8. The van der Waals surface area contributed by atoms with Crippen molar-refractivity contribution in [2.75, 3.05) is 0 Å². The molecule has 0 unspecified atom stereocenters. The first-order valence-corrected chi connectivity index (χ1v) is 16.8. The summed E-state index contributed by atoms with van der Waals surface area (Å²) in [6, 6.07) is 54.5. The first kappa shape index (κ1) is 30.7. The maximum Gasteiger partial charge on any atom is 0.164 e. The third-order valence-corrected chi connectivity index (χ3v) is 8.93. The van der Waals surface area contributed by atoms with Crippen LogP contribution in [-0.2, 0) is 0 Å². The van der Waals surface area contributed by atoms with Crippen molar-refractivity contribution in [3.63, 3.8) is 0 Å². The molecule has 8 rings (SSSR count). The van der Waals surface area contributed by atoms with Crippen molar-refractivity contribution in [1.29, 1.82) is 0 Å². The van der Waals surface area contributed by atoms with E-state index in [0.29, 0.717) is 17.5 Å². The van der Waals surface area contributed by atoms with Crippen molar-refractivity contribution in [3.05, 3.63) is 182 Å². The van der Waals surface area contributed by atoms with Crippen LogP contribution in [0.1, 0.15) is 18.2 Å². The molecule has 4 nitrogen and oxygen atoms in total. The molecule has 0 amide bonds. The van der Waals surface area contributed by atoms with Gasteiger partial charge in [0, 0.05) is 33.3 Å². The summed E-state index contributed by atoms with van der Waals surface area (Å²) in [5.74, 6) is 1.93. The minimum absolute atomic E-state index is 0.637. The molecule has 2 aromatic heterocycles. The Hall–Kier alpha value is -6.65. The molecule has 4 heteroatoms. The Morgan fingerprint density at radius 3 is 1.52 bits per heavy atom. The number of hydrogen-bond donors (Lipinski definition) is 0. The Bertz CT molecular complexity index is 2450. The van der Waals surface area contributed by atoms with Crippen LogP contribution in [-0.4, -0.2) is 19.5 Å². The van der Waals surface area contributed by atoms with E-state index in [2.05, 4.69) is 127 Å². The molecular formula is C46H34N4. The molecule has 6 aromatic carbocycles. The number of benzene rings is 6. The van der Waals surface area contributed by atoms with Gasteiger partial charge in [-0.15, -0.1) is 0 Å². The molecule has 0 fully saturated rings. The average molecular weight is 643 g/mol. The zero-order chi connectivity index (χ0) is 33.9. The van der Waals surface area contributed by atoms with Crippen molar-refractivity contribution in [1.82, 2.24) is 19.5 Å². The summed E-state index contributed by atoms with van der Waals surface area (Å²) in [4.78, 5) is 14.8. The van der Waals surface area contributed by atoms with Crippen LogP contribution >= 0.6 is 0 Å². The van der Waals surface area contributed by atoms with Gasteiger partial charge in [-0.3, -0.25) is 0 Å². The zero-order valence-electron chi connectivity index (χ0n) is 27.7. The van der Waals surface area contributed by atoms with Gasteiger partial charge in [0.15, 0.2) is 17.5 Å². The lowest BCUT2D eigenvalue weighted by Gasteiger charge is -2.12. The van der Waals surface area contributed by atoms with Gasteiger partial charge in [-0.05, 0) is 65.6 Å². The monoisotopic (exact) mass is 642 g/mol. The molecule has 50 heavy (non-hydrogen) atoms. The largest absolute Gasteiger partial charge is 0.309 e. The fourth-order valence-electron chi connectivity index (χ4n) is 6.58. The number of aromatic nitrogens is 4. The first-order chi connectivity index (χ1) is 24.7. The number of nitrogens with zero attached hydrogens (tertiary/aromatic N) is 4. The molecule has 0 aliphatic rings. The van der Waals surface area contributed by atoms with Crippen LogP contribution in [0.2, 0.25) is 0 Å². The quantitative estimate of drug-likeness (QED) is 0.166. The highest BCUT2D eigenvalue weighted by atomic mass is 15.0. The second-order valence-electron chi connectivity index (χ2n) is 12.1. The van der Waals surface area contributed by atoms with E-state index in [1.165, 1.54) is 10.9 Å². The minimum atomic E-state index is 0.637. The van der Waals surface area contributed by atoms with E-state index in [0.717, 1.165) is 55.8 Å². The van der Waals surface area contributed by atoms with Crippen molar-refractivity contribution in [2.45, 2.75) is 6.92 Å². The summed E-state index contributed by atoms with van der Waals surface area (Å²) in [7, 11) is 0. The lowest BCUT2D eigenvalue weighted by Crippen LogP contribution is -2.00. The third kappa shape index (κ3) is 5.84. The number of allylic oxidation sites excluding steroid dienone is 1. The number of para-hydroxylation sites is 1. The third-order valence-electron chi connectivity index (χ3n) is 8.93. The van der Waals surface area contributed by atoms with Crippen LogP contribution in [0.25, 0.3) is 85.2 Å². The lowest BCUT2D eigenvalue weighted by atomic mass is 9.97. The zero-order valence-corrected chi connectivity index (χ0v) is 27.7. The van der Waals surface area contributed by atoms with Crippen molar-refractivity contribution >= 4 is 23.1 Å². The molecule has 0 aliphatic carbocycles. The normalized spacial score (nSPS) is 11.3. The van der Waals surface area contributed by atoms with Crippen molar-refractivity contribution in [3.8, 4) is 62.1 Å². The molecule has 0 radical (unpaired) electrons. The maximum atomic E-state index is 4.95. The summed E-state index contributed by atoms with van der Waals surface area (Å²) in [5, 5.41) is 1.21. The maximum absolute atomic E-state index is 4.95. The van der Waals surface area contributed by atoms with Gasteiger partial charge in [-0.2, -0.15) is 0 Å². The molecule has 0 N–H and O–H groups in total. The SMILES string of the molecule is C=Cc1c(/C=C\C)c2ccccc2n1-c1cccc(-c2cccc(-c3cccc(-c4nc(-c5ccccc5)nc(-c5ccccc5)n4)c3)c2)c1.